The average Bonchev–Trinajstić information content (AvgIpc) is 2.91. The van der Waals surface area contributed by atoms with E-state index in [4.69, 9.17) is 5.26 Å². The van der Waals surface area contributed by atoms with Crippen LogP contribution < -0.4 is 5.32 Å². The van der Waals surface area contributed by atoms with Crippen LogP contribution in [0.4, 0.5) is 5.69 Å². The molecular formula is C14H12N6O2. The maximum Gasteiger partial charge on any atom is 0.245 e. The zero-order valence-electron chi connectivity index (χ0n) is 11.8. The third kappa shape index (κ3) is 2.33. The number of nitriles is 1. The molecule has 1 aliphatic carbocycles. The fourth-order valence-corrected chi connectivity index (χ4v) is 2.25. The number of Topliss-reactive ketones (excluding diaryl/α,β-unsaturated/α-hetero) is 1. The lowest BCUT2D eigenvalue weighted by Crippen LogP contribution is -2.46. The van der Waals surface area contributed by atoms with E-state index >= 15 is 0 Å². The molecule has 1 fully saturated rings. The molecule has 2 heterocycles. The van der Waals surface area contributed by atoms with Crippen molar-refractivity contribution in [1.29, 1.82) is 5.26 Å². The lowest BCUT2D eigenvalue weighted by atomic mass is 9.68. The molecule has 110 valence electrons. The molecule has 0 spiro atoms. The van der Waals surface area contributed by atoms with Gasteiger partial charge in [-0.1, -0.05) is 5.21 Å². The molecule has 8 nitrogen and oxygen atoms in total. The molecule has 0 aliphatic heterocycles. The fraction of sp³-hybridized carbons (Fsp3) is 0.286. The second-order valence-corrected chi connectivity index (χ2v) is 5.25. The van der Waals surface area contributed by atoms with Crippen molar-refractivity contribution in [1.82, 2.24) is 20.0 Å². The number of carbonyl (C=O) groups is 2. The summed E-state index contributed by atoms with van der Waals surface area (Å²) in [5.41, 5.74) is 0.478. The molecule has 0 unspecified atom stereocenters. The number of hydrogen-bond acceptors (Lipinski definition) is 6. The van der Waals surface area contributed by atoms with Gasteiger partial charge in [0.05, 0.1) is 29.8 Å². The number of rotatable bonds is 3. The Morgan fingerprint density at radius 2 is 2.18 bits per heavy atom. The summed E-state index contributed by atoms with van der Waals surface area (Å²) in [6.45, 7) is 0. The Morgan fingerprint density at radius 3 is 2.68 bits per heavy atom. The van der Waals surface area contributed by atoms with Gasteiger partial charge in [0.1, 0.15) is 16.9 Å². The summed E-state index contributed by atoms with van der Waals surface area (Å²) >= 11 is 0. The van der Waals surface area contributed by atoms with Crippen LogP contribution in [0.2, 0.25) is 0 Å². The van der Waals surface area contributed by atoms with Crippen molar-refractivity contribution in [2.45, 2.75) is 12.8 Å². The molecule has 0 radical (unpaired) electrons. The highest BCUT2D eigenvalue weighted by molar-refractivity contribution is 6.07. The highest BCUT2D eigenvalue weighted by Crippen LogP contribution is 2.38. The van der Waals surface area contributed by atoms with Crippen molar-refractivity contribution in [3.05, 3.63) is 24.5 Å². The fourth-order valence-electron chi connectivity index (χ4n) is 2.25. The zero-order chi connectivity index (χ0) is 15.7. The number of pyridine rings is 1. The van der Waals surface area contributed by atoms with Crippen molar-refractivity contribution in [2.75, 3.05) is 5.32 Å². The largest absolute Gasteiger partial charge is 0.323 e. The molecule has 3 rings (SSSR count). The third-order valence-corrected chi connectivity index (χ3v) is 3.53. The Kier molecular flexibility index (Phi) is 3.18. The van der Waals surface area contributed by atoms with Crippen molar-refractivity contribution >= 4 is 17.4 Å². The van der Waals surface area contributed by atoms with E-state index in [0.29, 0.717) is 17.1 Å². The molecule has 8 heteroatoms. The molecular weight excluding hydrogens is 284 g/mol. The van der Waals surface area contributed by atoms with Crippen molar-refractivity contribution in [2.24, 2.45) is 12.5 Å². The molecule has 2 aromatic rings. The van der Waals surface area contributed by atoms with Crippen LogP contribution in [0, 0.1) is 16.7 Å². The van der Waals surface area contributed by atoms with Crippen molar-refractivity contribution < 1.29 is 9.59 Å². The van der Waals surface area contributed by atoms with Crippen LogP contribution in [0.25, 0.3) is 11.4 Å². The van der Waals surface area contributed by atoms with Crippen LogP contribution in [0.3, 0.4) is 0 Å². The predicted octanol–water partition coefficient (Wildman–Crippen LogP) is 0.688. The first kappa shape index (κ1) is 13.9. The number of nitrogens with one attached hydrogen (secondary N) is 1. The minimum atomic E-state index is -1.24. The van der Waals surface area contributed by atoms with E-state index in [1.807, 2.05) is 6.07 Å². The van der Waals surface area contributed by atoms with Crippen molar-refractivity contribution in [3.63, 3.8) is 0 Å². The Balaban J connectivity index is 1.73. The van der Waals surface area contributed by atoms with E-state index in [0.717, 1.165) is 0 Å². The number of nitrogens with zero attached hydrogens (tertiary/aromatic N) is 5. The molecule has 0 atom stereocenters. The smallest absolute Gasteiger partial charge is 0.245 e. The number of anilines is 1. The standard InChI is InChI=1S/C14H12N6O2/c1-20-7-12(18-19-20)11-3-2-9(6-16-11)17-13(22)14(8-15)4-10(21)5-14/h2-3,6-7H,4-5H2,1H3,(H,17,22). The summed E-state index contributed by atoms with van der Waals surface area (Å²) in [5, 5.41) is 19.5. The summed E-state index contributed by atoms with van der Waals surface area (Å²) < 4.78 is 1.57. The van der Waals surface area contributed by atoms with Gasteiger partial charge in [-0.05, 0) is 12.1 Å². The topological polar surface area (TPSA) is 114 Å². The Morgan fingerprint density at radius 1 is 1.41 bits per heavy atom. The maximum absolute atomic E-state index is 12.1. The van der Waals surface area contributed by atoms with Crippen LogP contribution in [0.1, 0.15) is 12.8 Å². The van der Waals surface area contributed by atoms with Gasteiger partial charge in [0, 0.05) is 19.9 Å². The third-order valence-electron chi connectivity index (χ3n) is 3.53. The quantitative estimate of drug-likeness (QED) is 0.891. The second-order valence-electron chi connectivity index (χ2n) is 5.25. The molecule has 1 N–H and O–H groups in total. The SMILES string of the molecule is Cn1cc(-c2ccc(NC(=O)C3(C#N)CC(=O)C3)cn2)nn1. The summed E-state index contributed by atoms with van der Waals surface area (Å²) in [4.78, 5) is 27.4. The summed E-state index contributed by atoms with van der Waals surface area (Å²) in [6.07, 6.45) is 3.15. The number of carbonyl (C=O) groups excluding carboxylic acids is 2. The summed E-state index contributed by atoms with van der Waals surface area (Å²) in [7, 11) is 1.76. The van der Waals surface area contributed by atoms with Gasteiger partial charge in [-0.15, -0.1) is 5.10 Å². The van der Waals surface area contributed by atoms with Crippen LogP contribution >= 0.6 is 0 Å². The molecule has 0 bridgehead atoms. The average molecular weight is 296 g/mol. The van der Waals surface area contributed by atoms with Crippen LogP contribution in [-0.4, -0.2) is 31.7 Å². The molecule has 0 saturated heterocycles. The Labute approximate surface area is 125 Å². The van der Waals surface area contributed by atoms with Gasteiger partial charge in [-0.3, -0.25) is 19.3 Å². The minimum absolute atomic E-state index is 0.0273. The van der Waals surface area contributed by atoms with E-state index in [9.17, 15) is 9.59 Å². The Hall–Kier alpha value is -3.08. The highest BCUT2D eigenvalue weighted by atomic mass is 16.2. The molecule has 2 aromatic heterocycles. The Bertz CT molecular complexity index is 778. The van der Waals surface area contributed by atoms with Gasteiger partial charge in [-0.25, -0.2) is 0 Å². The number of aryl methyl sites for hydroxylation is 1. The lowest BCUT2D eigenvalue weighted by Gasteiger charge is -2.31. The molecule has 22 heavy (non-hydrogen) atoms. The number of ketones is 1. The normalized spacial score (nSPS) is 15.7. The molecule has 1 saturated carbocycles. The first-order chi connectivity index (χ1) is 10.5. The van der Waals surface area contributed by atoms with Crippen LogP contribution in [0.5, 0.6) is 0 Å². The van der Waals surface area contributed by atoms with E-state index in [-0.39, 0.29) is 18.6 Å². The minimum Gasteiger partial charge on any atom is -0.323 e. The molecule has 0 aromatic carbocycles. The number of amides is 1. The van der Waals surface area contributed by atoms with Crippen LogP contribution in [-0.2, 0) is 16.6 Å². The van der Waals surface area contributed by atoms with Gasteiger partial charge < -0.3 is 5.32 Å². The number of hydrogen-bond donors (Lipinski definition) is 1. The lowest BCUT2D eigenvalue weighted by molar-refractivity contribution is -0.139. The van der Waals surface area contributed by atoms with Gasteiger partial charge in [0.2, 0.25) is 5.91 Å². The van der Waals surface area contributed by atoms with Gasteiger partial charge in [-0.2, -0.15) is 5.26 Å². The number of aromatic nitrogens is 4. The van der Waals surface area contributed by atoms with E-state index < -0.39 is 11.3 Å². The summed E-state index contributed by atoms with van der Waals surface area (Å²) in [5.74, 6) is -0.545. The monoisotopic (exact) mass is 296 g/mol. The second kappa shape index (κ2) is 5.04. The van der Waals surface area contributed by atoms with E-state index in [1.165, 1.54) is 6.20 Å². The maximum atomic E-state index is 12.1. The zero-order valence-corrected chi connectivity index (χ0v) is 11.8. The van der Waals surface area contributed by atoms with Gasteiger partial charge in [0.15, 0.2) is 0 Å². The van der Waals surface area contributed by atoms with Gasteiger partial charge in [0.25, 0.3) is 0 Å². The van der Waals surface area contributed by atoms with E-state index in [1.54, 1.807) is 30.1 Å². The van der Waals surface area contributed by atoms with Crippen LogP contribution in [0.15, 0.2) is 24.5 Å². The van der Waals surface area contributed by atoms with E-state index in [2.05, 4.69) is 20.6 Å². The first-order valence-electron chi connectivity index (χ1n) is 6.59. The predicted molar refractivity (Wildman–Crippen MR) is 75.2 cm³/mol. The first-order valence-corrected chi connectivity index (χ1v) is 6.59. The highest BCUT2D eigenvalue weighted by Gasteiger charge is 2.50. The summed E-state index contributed by atoms with van der Waals surface area (Å²) in [6, 6.07) is 5.30. The molecule has 1 amide bonds. The molecule has 1 aliphatic rings. The van der Waals surface area contributed by atoms with Crippen molar-refractivity contribution in [3.8, 4) is 17.5 Å². The van der Waals surface area contributed by atoms with Gasteiger partial charge >= 0.3 is 0 Å².